The maximum Gasteiger partial charge on any atom is 0.419 e. The van der Waals surface area contributed by atoms with E-state index in [0.717, 1.165) is 0 Å². The van der Waals surface area contributed by atoms with Gasteiger partial charge in [0.2, 0.25) is 29.5 Å². The summed E-state index contributed by atoms with van der Waals surface area (Å²) < 4.78 is 6.83. The SMILES string of the molecule is CC(C)C(OC(=O)n1cnc(C[C@H](N)C(=O)N[C@@H](C)C(=O)N2CCC[C@H]2C(=O)N[C@@H](CCCCN)C(=O)N[C@@H](Cc2ccc(O)cc2)C(N)=O)c1)C(C)C. The molecular weight excluding hydrogens is 698 g/mol. The molecule has 0 radical (unpaired) electrons. The molecule has 10 N–H and O–H groups in total. The molecule has 2 heterocycles. The molecule has 0 unspecified atom stereocenters. The number of ether oxygens (including phenoxy) is 1. The first-order chi connectivity index (χ1) is 25.5. The van der Waals surface area contributed by atoms with Crippen LogP contribution in [0.2, 0.25) is 0 Å². The molecule has 5 amide bonds. The quantitative estimate of drug-likeness (QED) is 0.0968. The first-order valence-corrected chi connectivity index (χ1v) is 18.5. The minimum Gasteiger partial charge on any atom is -0.508 e. The third-order valence-electron chi connectivity index (χ3n) is 9.35. The smallest absolute Gasteiger partial charge is 0.419 e. The lowest BCUT2D eigenvalue weighted by molar-refractivity contribution is -0.142. The predicted molar refractivity (Wildman–Crippen MR) is 199 cm³/mol. The zero-order valence-electron chi connectivity index (χ0n) is 31.8. The summed E-state index contributed by atoms with van der Waals surface area (Å²) in [4.78, 5) is 84.1. The molecule has 0 saturated carbocycles. The van der Waals surface area contributed by atoms with Crippen molar-refractivity contribution in [2.75, 3.05) is 13.1 Å². The van der Waals surface area contributed by atoms with Gasteiger partial charge in [0, 0.05) is 25.6 Å². The van der Waals surface area contributed by atoms with Gasteiger partial charge in [-0.2, -0.15) is 0 Å². The number of aromatic hydroxyl groups is 1. The second kappa shape index (κ2) is 20.4. The second-order valence-electron chi connectivity index (χ2n) is 14.5. The van der Waals surface area contributed by atoms with Crippen LogP contribution < -0.4 is 33.2 Å². The number of phenols is 1. The van der Waals surface area contributed by atoms with E-state index < -0.39 is 65.8 Å². The zero-order chi connectivity index (χ0) is 40.1. The van der Waals surface area contributed by atoms with Gasteiger partial charge in [0.05, 0.1) is 11.7 Å². The fourth-order valence-electron chi connectivity index (χ4n) is 6.43. The average molecular weight is 756 g/mol. The second-order valence-corrected chi connectivity index (χ2v) is 14.5. The van der Waals surface area contributed by atoms with Crippen molar-refractivity contribution in [3.63, 3.8) is 0 Å². The molecule has 1 aliphatic rings. The Morgan fingerprint density at radius 2 is 1.59 bits per heavy atom. The summed E-state index contributed by atoms with van der Waals surface area (Å²) >= 11 is 0. The monoisotopic (exact) mass is 755 g/mol. The van der Waals surface area contributed by atoms with Gasteiger partial charge in [-0.25, -0.2) is 14.3 Å². The van der Waals surface area contributed by atoms with Crippen molar-refractivity contribution in [3.8, 4) is 5.75 Å². The number of benzene rings is 1. The lowest BCUT2D eigenvalue weighted by atomic mass is 9.96. The van der Waals surface area contributed by atoms with E-state index in [1.807, 2.05) is 27.7 Å². The van der Waals surface area contributed by atoms with Crippen molar-refractivity contribution in [1.82, 2.24) is 30.4 Å². The number of carbonyl (C=O) groups excluding carboxylic acids is 6. The number of likely N-dealkylation sites (tertiary alicyclic amines) is 1. The molecule has 2 aromatic rings. The fraction of sp³-hybridized carbons (Fsp3) is 0.595. The van der Waals surface area contributed by atoms with E-state index >= 15 is 0 Å². The Morgan fingerprint density at radius 1 is 0.926 bits per heavy atom. The molecule has 0 aliphatic carbocycles. The minimum atomic E-state index is -1.09. The van der Waals surface area contributed by atoms with Gasteiger partial charge < -0.3 is 47.9 Å². The van der Waals surface area contributed by atoms with E-state index in [4.69, 9.17) is 21.9 Å². The number of carbonyl (C=O) groups is 6. The molecule has 1 aromatic heterocycles. The number of nitrogens with one attached hydrogen (secondary N) is 3. The summed E-state index contributed by atoms with van der Waals surface area (Å²) in [5, 5.41) is 17.6. The van der Waals surface area contributed by atoms with Crippen LogP contribution in [0, 0.1) is 11.8 Å². The highest BCUT2D eigenvalue weighted by atomic mass is 16.6. The number of hydrogen-bond acceptors (Lipinski definition) is 11. The summed E-state index contributed by atoms with van der Waals surface area (Å²) in [5.41, 5.74) is 18.4. The lowest BCUT2D eigenvalue weighted by Gasteiger charge is -2.29. The van der Waals surface area contributed by atoms with Gasteiger partial charge in [-0.05, 0) is 75.1 Å². The van der Waals surface area contributed by atoms with Gasteiger partial charge in [-0.3, -0.25) is 24.0 Å². The molecule has 54 heavy (non-hydrogen) atoms. The Labute approximate surface area is 316 Å². The fourth-order valence-corrected chi connectivity index (χ4v) is 6.43. The van der Waals surface area contributed by atoms with Gasteiger partial charge in [-0.15, -0.1) is 0 Å². The number of primary amides is 1. The first kappa shape index (κ1) is 43.4. The standard InChI is InChI=1S/C37H57N9O8/c1-21(2)31(22(3)4)54-37(53)45-19-25(41-20-45)18-27(39)33(49)42-23(5)36(52)46-16-8-10-30(46)35(51)43-28(9-6-7-15-38)34(50)44-29(32(40)48)17-24-11-13-26(47)14-12-24/h11-14,19-23,27-31,47H,6-10,15-18,38-39H2,1-5H3,(H2,40,48)(H,42,49)(H,43,51)(H,44,50)/t23-,27-,28-,29-,30-/m0/s1. The number of phenolic OH excluding ortho intramolecular Hbond substituents is 1. The molecule has 3 rings (SSSR count). The van der Waals surface area contributed by atoms with Gasteiger partial charge in [-0.1, -0.05) is 39.8 Å². The maximum atomic E-state index is 13.6. The number of nitrogens with two attached hydrogens (primary N) is 3. The molecule has 1 aromatic carbocycles. The van der Waals surface area contributed by atoms with Crippen LogP contribution in [0.1, 0.15) is 78.0 Å². The highest BCUT2D eigenvalue weighted by Crippen LogP contribution is 2.20. The van der Waals surface area contributed by atoms with E-state index in [0.29, 0.717) is 43.5 Å². The van der Waals surface area contributed by atoms with E-state index in [9.17, 15) is 33.9 Å². The Hall–Kier alpha value is -5.03. The highest BCUT2D eigenvalue weighted by molar-refractivity contribution is 5.96. The number of amides is 5. The van der Waals surface area contributed by atoms with Crippen LogP contribution in [0.15, 0.2) is 36.8 Å². The summed E-state index contributed by atoms with van der Waals surface area (Å²) in [5.74, 6) is -2.80. The van der Waals surface area contributed by atoms with Crippen LogP contribution in [0.3, 0.4) is 0 Å². The van der Waals surface area contributed by atoms with Crippen molar-refractivity contribution in [2.24, 2.45) is 29.0 Å². The minimum absolute atomic E-state index is 0.0152. The van der Waals surface area contributed by atoms with Gasteiger partial charge >= 0.3 is 6.09 Å². The number of imidazole rings is 1. The summed E-state index contributed by atoms with van der Waals surface area (Å²) in [7, 11) is 0. The van der Waals surface area contributed by atoms with E-state index in [-0.39, 0.29) is 49.5 Å². The van der Waals surface area contributed by atoms with Gasteiger partial charge in [0.1, 0.15) is 42.3 Å². The molecule has 17 heteroatoms. The molecule has 298 valence electrons. The van der Waals surface area contributed by atoms with E-state index in [1.54, 1.807) is 12.1 Å². The van der Waals surface area contributed by atoms with Crippen molar-refractivity contribution in [2.45, 2.75) is 116 Å². The summed E-state index contributed by atoms with van der Waals surface area (Å²) in [6.45, 7) is 9.99. The van der Waals surface area contributed by atoms with Crippen molar-refractivity contribution < 1.29 is 38.6 Å². The molecule has 0 spiro atoms. The average Bonchev–Trinajstić information content (AvgIpc) is 3.80. The van der Waals surface area contributed by atoms with Crippen LogP contribution in [-0.4, -0.2) is 105 Å². The molecule has 17 nitrogen and oxygen atoms in total. The molecule has 1 saturated heterocycles. The third kappa shape index (κ3) is 12.5. The lowest BCUT2D eigenvalue weighted by Crippen LogP contribution is -2.58. The van der Waals surface area contributed by atoms with Crippen LogP contribution in [0.25, 0.3) is 0 Å². The van der Waals surface area contributed by atoms with Crippen molar-refractivity contribution in [1.29, 1.82) is 0 Å². The Morgan fingerprint density at radius 3 is 2.20 bits per heavy atom. The van der Waals surface area contributed by atoms with Crippen LogP contribution >= 0.6 is 0 Å². The normalized spacial score (nSPS) is 16.5. The van der Waals surface area contributed by atoms with Gasteiger partial charge in [0.25, 0.3) is 0 Å². The maximum absolute atomic E-state index is 13.6. The van der Waals surface area contributed by atoms with Crippen LogP contribution in [0.5, 0.6) is 5.75 Å². The summed E-state index contributed by atoms with van der Waals surface area (Å²) in [6.07, 6.45) is 4.08. The molecule has 5 atom stereocenters. The van der Waals surface area contributed by atoms with E-state index in [2.05, 4.69) is 20.9 Å². The largest absolute Gasteiger partial charge is 0.508 e. The Balaban J connectivity index is 1.60. The summed E-state index contributed by atoms with van der Waals surface area (Å²) in [6, 6.07) is 0.941. The zero-order valence-corrected chi connectivity index (χ0v) is 31.8. The number of hydrogen-bond donors (Lipinski definition) is 7. The highest BCUT2D eigenvalue weighted by Gasteiger charge is 2.38. The Bertz CT molecular complexity index is 1590. The van der Waals surface area contributed by atoms with Crippen molar-refractivity contribution in [3.05, 3.63) is 48.0 Å². The molecule has 0 bridgehead atoms. The number of unbranched alkanes of at least 4 members (excludes halogenated alkanes) is 1. The topological polar surface area (TPSA) is 267 Å². The predicted octanol–water partition coefficient (Wildman–Crippen LogP) is 0.446. The van der Waals surface area contributed by atoms with Crippen LogP contribution in [0.4, 0.5) is 4.79 Å². The van der Waals surface area contributed by atoms with Crippen LogP contribution in [-0.2, 0) is 41.6 Å². The Kier molecular flexibility index (Phi) is 16.4. The van der Waals surface area contributed by atoms with E-state index in [1.165, 1.54) is 41.0 Å². The first-order valence-electron chi connectivity index (χ1n) is 18.5. The molecular formula is C37H57N9O8. The van der Waals surface area contributed by atoms with Gasteiger partial charge in [0.15, 0.2) is 0 Å². The third-order valence-corrected chi connectivity index (χ3v) is 9.35. The number of aromatic nitrogens is 2. The number of nitrogens with zero attached hydrogens (tertiary/aromatic N) is 3. The number of rotatable bonds is 19. The molecule has 1 aliphatic heterocycles. The van der Waals surface area contributed by atoms with Crippen molar-refractivity contribution >= 4 is 35.6 Å². The molecule has 1 fully saturated rings.